The van der Waals surface area contributed by atoms with Crippen LogP contribution in [0.1, 0.15) is 0 Å². The molecule has 0 aliphatic rings. The molecule has 1 aromatic carbocycles. The Hall–Kier alpha value is -1.47. The molecule has 0 bridgehead atoms. The number of hydrogen-bond acceptors (Lipinski definition) is 4. The molecule has 2 rings (SSSR count). The molecular formula is C9H6BrClN4O2. The number of rotatable bonds is 3. The van der Waals surface area contributed by atoms with Gasteiger partial charge in [0.25, 0.3) is 0 Å². The first-order valence-electron chi connectivity index (χ1n) is 4.52. The number of benzene rings is 1. The summed E-state index contributed by atoms with van der Waals surface area (Å²) in [5, 5.41) is 20.0. The van der Waals surface area contributed by atoms with Crippen molar-refractivity contribution < 1.29 is 9.90 Å². The SMILES string of the molecule is O=C(O)Cn1nnnc1-c1cccc(Br)c1Cl. The van der Waals surface area contributed by atoms with Crippen molar-refractivity contribution in [2.45, 2.75) is 6.54 Å². The Morgan fingerprint density at radius 2 is 2.29 bits per heavy atom. The molecule has 0 atom stereocenters. The zero-order valence-corrected chi connectivity index (χ0v) is 10.7. The van der Waals surface area contributed by atoms with Gasteiger partial charge in [-0.1, -0.05) is 17.7 Å². The smallest absolute Gasteiger partial charge is 0.325 e. The van der Waals surface area contributed by atoms with E-state index in [2.05, 4.69) is 31.5 Å². The Kier molecular flexibility index (Phi) is 3.39. The molecule has 0 fully saturated rings. The largest absolute Gasteiger partial charge is 0.480 e. The van der Waals surface area contributed by atoms with Gasteiger partial charge in [0.1, 0.15) is 6.54 Å². The van der Waals surface area contributed by atoms with Gasteiger partial charge in [0.15, 0.2) is 5.82 Å². The summed E-state index contributed by atoms with van der Waals surface area (Å²) in [5.74, 6) is -0.705. The fraction of sp³-hybridized carbons (Fsp3) is 0.111. The monoisotopic (exact) mass is 316 g/mol. The third-order valence-electron chi connectivity index (χ3n) is 2.01. The first-order chi connectivity index (χ1) is 8.09. The number of aliphatic carboxylic acids is 1. The molecular weight excluding hydrogens is 311 g/mol. The second-order valence-electron chi connectivity index (χ2n) is 3.16. The fourth-order valence-electron chi connectivity index (χ4n) is 1.31. The third kappa shape index (κ3) is 2.45. The predicted molar refractivity (Wildman–Crippen MR) is 63.6 cm³/mol. The maximum Gasteiger partial charge on any atom is 0.325 e. The highest BCUT2D eigenvalue weighted by Gasteiger charge is 2.15. The Morgan fingerprint density at radius 3 is 3.00 bits per heavy atom. The standard InChI is InChI=1S/C9H6BrClN4O2/c10-6-3-1-2-5(8(6)11)9-12-13-14-15(9)4-7(16)17/h1-3H,4H2,(H,16,17). The van der Waals surface area contributed by atoms with E-state index in [4.69, 9.17) is 16.7 Å². The average Bonchev–Trinajstić information content (AvgIpc) is 2.69. The molecule has 0 unspecified atom stereocenters. The van der Waals surface area contributed by atoms with Gasteiger partial charge < -0.3 is 5.11 Å². The predicted octanol–water partition coefficient (Wildman–Crippen LogP) is 1.84. The quantitative estimate of drug-likeness (QED) is 0.934. The molecule has 0 radical (unpaired) electrons. The Labute approximate surface area is 109 Å². The first-order valence-corrected chi connectivity index (χ1v) is 5.69. The van der Waals surface area contributed by atoms with Crippen molar-refractivity contribution in [1.29, 1.82) is 0 Å². The topological polar surface area (TPSA) is 80.9 Å². The van der Waals surface area contributed by atoms with Crippen molar-refractivity contribution in [3.8, 4) is 11.4 Å². The first kappa shape index (κ1) is 12.0. The van der Waals surface area contributed by atoms with Gasteiger partial charge in [-0.25, -0.2) is 4.68 Å². The molecule has 6 nitrogen and oxygen atoms in total. The molecule has 0 saturated carbocycles. The van der Waals surface area contributed by atoms with Gasteiger partial charge in [-0.05, 0) is 38.5 Å². The highest BCUT2D eigenvalue weighted by molar-refractivity contribution is 9.10. The summed E-state index contributed by atoms with van der Waals surface area (Å²) in [7, 11) is 0. The van der Waals surface area contributed by atoms with Crippen LogP contribution in [0, 0.1) is 0 Å². The van der Waals surface area contributed by atoms with Crippen LogP contribution in [0.25, 0.3) is 11.4 Å². The molecule has 2 aromatic rings. The van der Waals surface area contributed by atoms with Crippen molar-refractivity contribution in [2.75, 3.05) is 0 Å². The van der Waals surface area contributed by atoms with Crippen LogP contribution in [0.3, 0.4) is 0 Å². The molecule has 1 aromatic heterocycles. The van der Waals surface area contributed by atoms with Crippen molar-refractivity contribution >= 4 is 33.5 Å². The molecule has 0 amide bonds. The van der Waals surface area contributed by atoms with Crippen LogP contribution in [-0.2, 0) is 11.3 Å². The molecule has 0 spiro atoms. The number of nitrogens with zero attached hydrogens (tertiary/aromatic N) is 4. The second-order valence-corrected chi connectivity index (χ2v) is 4.39. The molecule has 17 heavy (non-hydrogen) atoms. The van der Waals surface area contributed by atoms with E-state index in [1.165, 1.54) is 4.68 Å². The van der Waals surface area contributed by atoms with Crippen LogP contribution in [0.4, 0.5) is 0 Å². The van der Waals surface area contributed by atoms with Crippen LogP contribution in [0.2, 0.25) is 5.02 Å². The van der Waals surface area contributed by atoms with Crippen molar-refractivity contribution in [3.63, 3.8) is 0 Å². The van der Waals surface area contributed by atoms with Crippen LogP contribution in [0.5, 0.6) is 0 Å². The van der Waals surface area contributed by atoms with E-state index in [1.54, 1.807) is 18.2 Å². The summed E-state index contributed by atoms with van der Waals surface area (Å²) in [4.78, 5) is 10.6. The van der Waals surface area contributed by atoms with Crippen LogP contribution < -0.4 is 0 Å². The van der Waals surface area contributed by atoms with E-state index in [0.717, 1.165) is 0 Å². The van der Waals surface area contributed by atoms with Crippen LogP contribution >= 0.6 is 27.5 Å². The summed E-state index contributed by atoms with van der Waals surface area (Å²) in [5.41, 5.74) is 0.576. The lowest BCUT2D eigenvalue weighted by atomic mass is 10.2. The molecule has 0 aliphatic carbocycles. The van der Waals surface area contributed by atoms with Gasteiger partial charge in [-0.2, -0.15) is 0 Å². The number of aromatic nitrogens is 4. The highest BCUT2D eigenvalue weighted by Crippen LogP contribution is 2.32. The van der Waals surface area contributed by atoms with Gasteiger partial charge in [-0.3, -0.25) is 4.79 Å². The zero-order valence-electron chi connectivity index (χ0n) is 8.34. The summed E-state index contributed by atoms with van der Waals surface area (Å²) < 4.78 is 1.87. The fourth-order valence-corrected chi connectivity index (χ4v) is 1.89. The van der Waals surface area contributed by atoms with Crippen molar-refractivity contribution in [2.24, 2.45) is 0 Å². The third-order valence-corrected chi connectivity index (χ3v) is 3.31. The Balaban J connectivity index is 2.50. The lowest BCUT2D eigenvalue weighted by Gasteiger charge is -2.05. The number of carbonyl (C=O) groups is 1. The Bertz CT molecular complexity index is 572. The normalized spacial score (nSPS) is 10.5. The average molecular weight is 318 g/mol. The van der Waals surface area contributed by atoms with Crippen molar-refractivity contribution in [3.05, 3.63) is 27.7 Å². The summed E-state index contributed by atoms with van der Waals surface area (Å²) in [6.45, 7) is -0.314. The van der Waals surface area contributed by atoms with E-state index in [1.807, 2.05) is 0 Å². The maximum absolute atomic E-state index is 10.6. The van der Waals surface area contributed by atoms with E-state index in [-0.39, 0.29) is 6.54 Å². The number of halogens is 2. The van der Waals surface area contributed by atoms with Gasteiger partial charge in [0.2, 0.25) is 0 Å². The van der Waals surface area contributed by atoms with Crippen molar-refractivity contribution in [1.82, 2.24) is 20.2 Å². The Morgan fingerprint density at radius 1 is 1.53 bits per heavy atom. The number of carboxylic acids is 1. The lowest BCUT2D eigenvalue weighted by Crippen LogP contribution is -2.11. The van der Waals surface area contributed by atoms with Gasteiger partial charge in [0, 0.05) is 10.0 Å². The van der Waals surface area contributed by atoms with E-state index >= 15 is 0 Å². The maximum atomic E-state index is 10.6. The highest BCUT2D eigenvalue weighted by atomic mass is 79.9. The van der Waals surface area contributed by atoms with E-state index in [0.29, 0.717) is 20.9 Å². The summed E-state index contributed by atoms with van der Waals surface area (Å²) >= 11 is 9.37. The van der Waals surface area contributed by atoms with Gasteiger partial charge >= 0.3 is 5.97 Å². The van der Waals surface area contributed by atoms with Crippen LogP contribution in [0.15, 0.2) is 22.7 Å². The number of carboxylic acid groups (broad SMARTS) is 1. The van der Waals surface area contributed by atoms with E-state index < -0.39 is 5.97 Å². The molecule has 0 aliphatic heterocycles. The minimum absolute atomic E-state index is 0.314. The number of tetrazole rings is 1. The van der Waals surface area contributed by atoms with Crippen LogP contribution in [-0.4, -0.2) is 31.3 Å². The molecule has 1 N–H and O–H groups in total. The second kappa shape index (κ2) is 4.80. The minimum Gasteiger partial charge on any atom is -0.480 e. The minimum atomic E-state index is -1.02. The van der Waals surface area contributed by atoms with Gasteiger partial charge in [0.05, 0.1) is 5.02 Å². The van der Waals surface area contributed by atoms with Gasteiger partial charge in [-0.15, -0.1) is 5.10 Å². The summed E-state index contributed by atoms with van der Waals surface area (Å²) in [6, 6.07) is 5.26. The molecule has 88 valence electrons. The van der Waals surface area contributed by atoms with E-state index in [9.17, 15) is 4.79 Å². The lowest BCUT2D eigenvalue weighted by molar-refractivity contribution is -0.137. The molecule has 1 heterocycles. The molecule has 0 saturated heterocycles. The zero-order chi connectivity index (χ0) is 12.4. The number of hydrogen-bond donors (Lipinski definition) is 1. The molecule has 8 heteroatoms. The summed E-state index contributed by atoms with van der Waals surface area (Å²) in [6.07, 6.45) is 0.